The summed E-state index contributed by atoms with van der Waals surface area (Å²) in [6, 6.07) is 0. The fraction of sp³-hybridized carbons (Fsp3) is 0.875. The van der Waals surface area contributed by atoms with Crippen LogP contribution in [0.2, 0.25) is 0 Å². The highest BCUT2D eigenvalue weighted by Crippen LogP contribution is 2.36. The van der Waals surface area contributed by atoms with Gasteiger partial charge < -0.3 is 5.32 Å². The molecule has 1 N–H and O–H groups in total. The van der Waals surface area contributed by atoms with E-state index in [-0.39, 0.29) is 12.5 Å². The lowest BCUT2D eigenvalue weighted by molar-refractivity contribution is -0.191. The molecule has 1 rings (SSSR count). The molecule has 0 amide bonds. The van der Waals surface area contributed by atoms with Crippen molar-refractivity contribution in [3.8, 4) is 0 Å². The first-order chi connectivity index (χ1) is 5.55. The summed E-state index contributed by atoms with van der Waals surface area (Å²) < 4.78 is 36.9. The van der Waals surface area contributed by atoms with Crippen LogP contribution < -0.4 is 5.32 Å². The highest BCUT2D eigenvalue weighted by Gasteiger charge is 2.44. The van der Waals surface area contributed by atoms with Gasteiger partial charge in [0.2, 0.25) is 0 Å². The Morgan fingerprint density at radius 1 is 1.42 bits per heavy atom. The molecule has 0 bridgehead atoms. The maximum atomic E-state index is 12.3. The van der Waals surface area contributed by atoms with Gasteiger partial charge in [-0.1, -0.05) is 6.92 Å². The van der Waals surface area contributed by atoms with Gasteiger partial charge in [-0.25, -0.2) is 0 Å². The largest absolute Gasteiger partial charge is 0.393 e. The zero-order chi connectivity index (χ0) is 9.19. The maximum absolute atomic E-state index is 12.3. The average Bonchev–Trinajstić information content (AvgIpc) is 2.03. The Morgan fingerprint density at radius 2 is 2.08 bits per heavy atom. The minimum atomic E-state index is -4.06. The van der Waals surface area contributed by atoms with Crippen molar-refractivity contribution in [3.63, 3.8) is 0 Å². The number of nitrogens with one attached hydrogen (secondary N) is 1. The molecule has 1 saturated heterocycles. The summed E-state index contributed by atoms with van der Waals surface area (Å²) in [5, 5.41) is 2.76. The summed E-state index contributed by atoms with van der Waals surface area (Å²) in [5.74, 6) is -1.48. The Labute approximate surface area is 70.3 Å². The van der Waals surface area contributed by atoms with Crippen LogP contribution in [0.3, 0.4) is 0 Å². The van der Waals surface area contributed by atoms with Gasteiger partial charge in [-0.2, -0.15) is 13.2 Å². The van der Waals surface area contributed by atoms with E-state index in [2.05, 4.69) is 12.2 Å². The third kappa shape index (κ3) is 2.12. The second-order valence-corrected chi connectivity index (χ2v) is 3.19. The molecule has 1 fully saturated rings. The minimum Gasteiger partial charge on any atom is -0.316 e. The van der Waals surface area contributed by atoms with Crippen molar-refractivity contribution in [1.82, 2.24) is 5.32 Å². The molecule has 0 aromatic rings. The van der Waals surface area contributed by atoms with E-state index in [1.807, 2.05) is 0 Å². The predicted octanol–water partition coefficient (Wildman–Crippen LogP) is 2.00. The van der Waals surface area contributed by atoms with Crippen LogP contribution in [0.1, 0.15) is 12.8 Å². The molecule has 1 nitrogen and oxygen atoms in total. The molecular formula is C8H13F3N. The van der Waals surface area contributed by atoms with E-state index in [9.17, 15) is 13.2 Å². The van der Waals surface area contributed by atoms with Crippen LogP contribution in [-0.4, -0.2) is 19.3 Å². The van der Waals surface area contributed by atoms with Gasteiger partial charge in [-0.3, -0.25) is 0 Å². The monoisotopic (exact) mass is 180 g/mol. The smallest absolute Gasteiger partial charge is 0.316 e. The van der Waals surface area contributed by atoms with Crippen LogP contribution in [0.4, 0.5) is 13.2 Å². The van der Waals surface area contributed by atoms with Crippen LogP contribution in [0.15, 0.2) is 0 Å². The van der Waals surface area contributed by atoms with Crippen molar-refractivity contribution in [2.75, 3.05) is 13.1 Å². The van der Waals surface area contributed by atoms with Gasteiger partial charge >= 0.3 is 6.18 Å². The summed E-state index contributed by atoms with van der Waals surface area (Å²) in [4.78, 5) is 0. The second kappa shape index (κ2) is 3.64. The van der Waals surface area contributed by atoms with Gasteiger partial charge in [0.25, 0.3) is 0 Å². The number of alkyl halides is 3. The molecule has 2 atom stereocenters. The van der Waals surface area contributed by atoms with E-state index < -0.39 is 12.1 Å². The first-order valence-electron chi connectivity index (χ1n) is 4.12. The molecule has 0 spiro atoms. The van der Waals surface area contributed by atoms with Gasteiger partial charge in [-0.05, 0) is 25.3 Å². The van der Waals surface area contributed by atoms with E-state index in [1.165, 1.54) is 0 Å². The van der Waals surface area contributed by atoms with E-state index in [0.29, 0.717) is 19.4 Å². The topological polar surface area (TPSA) is 12.0 Å². The summed E-state index contributed by atoms with van der Waals surface area (Å²) >= 11 is 0. The van der Waals surface area contributed by atoms with Crippen molar-refractivity contribution in [2.24, 2.45) is 11.8 Å². The van der Waals surface area contributed by atoms with Crippen molar-refractivity contribution in [2.45, 2.75) is 19.0 Å². The number of rotatable bonds is 1. The normalized spacial score (nSPS) is 32.0. The van der Waals surface area contributed by atoms with E-state index in [1.54, 1.807) is 0 Å². The molecule has 0 aromatic heterocycles. The molecule has 4 heteroatoms. The molecule has 0 aromatic carbocycles. The van der Waals surface area contributed by atoms with Crippen molar-refractivity contribution >= 4 is 0 Å². The molecular weight excluding hydrogens is 167 g/mol. The highest BCUT2D eigenvalue weighted by molar-refractivity contribution is 4.83. The van der Waals surface area contributed by atoms with Crippen LogP contribution in [-0.2, 0) is 0 Å². The lowest BCUT2D eigenvalue weighted by atomic mass is 9.84. The predicted molar refractivity (Wildman–Crippen MR) is 40.5 cm³/mol. The fourth-order valence-electron chi connectivity index (χ4n) is 1.64. The SMILES string of the molecule is [CH2]CC1CCNCC1C(F)(F)F. The number of hydrogen-bond acceptors (Lipinski definition) is 1. The van der Waals surface area contributed by atoms with E-state index in [0.717, 1.165) is 0 Å². The lowest BCUT2D eigenvalue weighted by Gasteiger charge is -2.32. The van der Waals surface area contributed by atoms with Crippen LogP contribution in [0.5, 0.6) is 0 Å². The number of halogens is 3. The van der Waals surface area contributed by atoms with Gasteiger partial charge in [0, 0.05) is 6.54 Å². The van der Waals surface area contributed by atoms with Gasteiger partial charge in [-0.15, -0.1) is 0 Å². The summed E-state index contributed by atoms with van der Waals surface area (Å²) in [5.41, 5.74) is 0. The van der Waals surface area contributed by atoms with Crippen molar-refractivity contribution in [1.29, 1.82) is 0 Å². The van der Waals surface area contributed by atoms with Gasteiger partial charge in [0.05, 0.1) is 5.92 Å². The Morgan fingerprint density at radius 3 is 2.50 bits per heavy atom. The summed E-state index contributed by atoms with van der Waals surface area (Å²) in [6.07, 6.45) is -3.09. The minimum absolute atomic E-state index is 0.0592. The highest BCUT2D eigenvalue weighted by atomic mass is 19.4. The Balaban J connectivity index is 2.59. The van der Waals surface area contributed by atoms with Crippen molar-refractivity contribution < 1.29 is 13.2 Å². The Hall–Kier alpha value is -0.250. The molecule has 1 aliphatic heterocycles. The molecule has 2 unspecified atom stereocenters. The Kier molecular flexibility index (Phi) is 2.99. The number of hydrogen-bond donors (Lipinski definition) is 1. The summed E-state index contributed by atoms with van der Waals surface area (Å²) in [6.45, 7) is 4.29. The van der Waals surface area contributed by atoms with Crippen LogP contribution >= 0.6 is 0 Å². The molecule has 0 saturated carbocycles. The molecule has 1 aliphatic rings. The van der Waals surface area contributed by atoms with Crippen molar-refractivity contribution in [3.05, 3.63) is 6.92 Å². The maximum Gasteiger partial charge on any atom is 0.393 e. The third-order valence-corrected chi connectivity index (χ3v) is 2.42. The van der Waals surface area contributed by atoms with Gasteiger partial charge in [0.1, 0.15) is 0 Å². The summed E-state index contributed by atoms with van der Waals surface area (Å²) in [7, 11) is 0. The van der Waals surface area contributed by atoms with Crippen LogP contribution in [0, 0.1) is 18.8 Å². The quantitative estimate of drug-likeness (QED) is 0.650. The van der Waals surface area contributed by atoms with Gasteiger partial charge in [0.15, 0.2) is 0 Å². The second-order valence-electron chi connectivity index (χ2n) is 3.19. The molecule has 1 heterocycles. The van der Waals surface area contributed by atoms with Crippen LogP contribution in [0.25, 0.3) is 0 Å². The molecule has 12 heavy (non-hydrogen) atoms. The number of piperidine rings is 1. The molecule has 1 radical (unpaired) electrons. The average molecular weight is 180 g/mol. The Bertz CT molecular complexity index is 144. The third-order valence-electron chi connectivity index (χ3n) is 2.42. The molecule has 0 aliphatic carbocycles. The lowest BCUT2D eigenvalue weighted by Crippen LogP contribution is -2.44. The van der Waals surface area contributed by atoms with E-state index in [4.69, 9.17) is 0 Å². The standard InChI is InChI=1S/C8H13F3N/c1-2-6-3-4-12-5-7(6)8(9,10)11/h6-7,12H,1-5H2. The first-order valence-corrected chi connectivity index (χ1v) is 4.12. The fourth-order valence-corrected chi connectivity index (χ4v) is 1.64. The van der Waals surface area contributed by atoms with E-state index >= 15 is 0 Å². The first kappa shape index (κ1) is 9.84. The zero-order valence-electron chi connectivity index (χ0n) is 6.82. The zero-order valence-corrected chi connectivity index (χ0v) is 6.82. The molecule has 71 valence electrons.